The summed E-state index contributed by atoms with van der Waals surface area (Å²) >= 11 is 0. The molecule has 0 aliphatic heterocycles. The lowest BCUT2D eigenvalue weighted by Gasteiger charge is -2.24. The van der Waals surface area contributed by atoms with E-state index in [1.165, 1.54) is 0 Å². The van der Waals surface area contributed by atoms with Crippen LogP contribution in [0.15, 0.2) is 33.9 Å². The minimum Gasteiger partial charge on any atom is -0.481 e. The van der Waals surface area contributed by atoms with Crippen molar-refractivity contribution >= 4 is 22.6 Å². The van der Waals surface area contributed by atoms with E-state index in [2.05, 4.69) is 5.10 Å². The molecule has 1 atom stereocenters. The minimum absolute atomic E-state index is 0.0248. The van der Waals surface area contributed by atoms with Gasteiger partial charge < -0.3 is 10.0 Å². The molecule has 1 saturated carbocycles. The SMILES string of the molecule is CC(CN(C(=O)CCn1[nH]c(=O)c2ccccc2c1=O)C1CC1)C(=O)O. The molecular weight excluding hydrogens is 338 g/mol. The number of hydrogen-bond acceptors (Lipinski definition) is 4. The predicted octanol–water partition coefficient (Wildman–Crippen LogP) is 0.792. The van der Waals surface area contributed by atoms with Crippen LogP contribution in [0.5, 0.6) is 0 Å². The van der Waals surface area contributed by atoms with Crippen LogP contribution in [0.3, 0.4) is 0 Å². The van der Waals surface area contributed by atoms with Crippen molar-refractivity contribution in [3.8, 4) is 0 Å². The van der Waals surface area contributed by atoms with Gasteiger partial charge in [-0.25, -0.2) is 4.68 Å². The number of carboxylic acid groups (broad SMARTS) is 1. The van der Waals surface area contributed by atoms with Crippen LogP contribution in [0.2, 0.25) is 0 Å². The Morgan fingerprint density at radius 3 is 2.54 bits per heavy atom. The molecule has 3 rings (SSSR count). The van der Waals surface area contributed by atoms with Crippen LogP contribution in [0, 0.1) is 5.92 Å². The zero-order valence-corrected chi connectivity index (χ0v) is 14.5. The van der Waals surface area contributed by atoms with Crippen LogP contribution in [-0.4, -0.2) is 44.3 Å². The molecule has 1 aliphatic carbocycles. The average molecular weight is 359 g/mol. The number of aryl methyl sites for hydroxylation is 1. The molecule has 0 radical (unpaired) electrons. The predicted molar refractivity (Wildman–Crippen MR) is 95.0 cm³/mol. The number of carbonyl (C=O) groups is 2. The molecule has 1 aliphatic rings. The Bertz CT molecular complexity index is 957. The third-order valence-corrected chi connectivity index (χ3v) is 4.63. The molecule has 2 N–H and O–H groups in total. The van der Waals surface area contributed by atoms with E-state index >= 15 is 0 Å². The van der Waals surface area contributed by atoms with Gasteiger partial charge in [0, 0.05) is 19.0 Å². The molecule has 1 fully saturated rings. The van der Waals surface area contributed by atoms with E-state index in [-0.39, 0.29) is 42.6 Å². The maximum absolute atomic E-state index is 12.5. The molecular formula is C18H21N3O5. The van der Waals surface area contributed by atoms with Gasteiger partial charge in [0.25, 0.3) is 11.1 Å². The second-order valence-corrected chi connectivity index (χ2v) is 6.71. The lowest BCUT2D eigenvalue weighted by Crippen LogP contribution is -2.39. The monoisotopic (exact) mass is 359 g/mol. The van der Waals surface area contributed by atoms with Crippen molar-refractivity contribution in [2.45, 2.75) is 38.8 Å². The van der Waals surface area contributed by atoms with E-state index in [0.29, 0.717) is 10.8 Å². The summed E-state index contributed by atoms with van der Waals surface area (Å²) in [6.45, 7) is 1.76. The number of aromatic nitrogens is 2. The van der Waals surface area contributed by atoms with Gasteiger partial charge in [-0.3, -0.25) is 24.3 Å². The van der Waals surface area contributed by atoms with Gasteiger partial charge in [-0.1, -0.05) is 19.1 Å². The van der Waals surface area contributed by atoms with Gasteiger partial charge in [-0.2, -0.15) is 0 Å². The first-order valence-corrected chi connectivity index (χ1v) is 8.62. The molecule has 1 aromatic carbocycles. The largest absolute Gasteiger partial charge is 0.481 e. The van der Waals surface area contributed by atoms with E-state index in [9.17, 15) is 19.2 Å². The van der Waals surface area contributed by atoms with Crippen molar-refractivity contribution < 1.29 is 14.7 Å². The lowest BCUT2D eigenvalue weighted by molar-refractivity contribution is -0.143. The molecule has 1 heterocycles. The zero-order chi connectivity index (χ0) is 18.8. The molecule has 0 spiro atoms. The van der Waals surface area contributed by atoms with Gasteiger partial charge in [-0.15, -0.1) is 0 Å². The van der Waals surface area contributed by atoms with Crippen LogP contribution in [0.25, 0.3) is 10.8 Å². The average Bonchev–Trinajstić information content (AvgIpc) is 3.46. The van der Waals surface area contributed by atoms with Gasteiger partial charge in [0.05, 0.1) is 23.2 Å². The molecule has 1 amide bonds. The Labute approximate surface area is 149 Å². The van der Waals surface area contributed by atoms with E-state index in [1.807, 2.05) is 0 Å². The summed E-state index contributed by atoms with van der Waals surface area (Å²) in [6.07, 6.45) is 1.76. The minimum atomic E-state index is -0.946. The van der Waals surface area contributed by atoms with Crippen LogP contribution in [-0.2, 0) is 16.1 Å². The fourth-order valence-electron chi connectivity index (χ4n) is 2.97. The number of carbonyl (C=O) groups excluding carboxylic acids is 1. The summed E-state index contributed by atoms with van der Waals surface area (Å²) in [5.41, 5.74) is -0.740. The van der Waals surface area contributed by atoms with Crippen molar-refractivity contribution in [1.29, 1.82) is 0 Å². The van der Waals surface area contributed by atoms with Gasteiger partial charge in [0.1, 0.15) is 0 Å². The van der Waals surface area contributed by atoms with Gasteiger partial charge >= 0.3 is 5.97 Å². The smallest absolute Gasteiger partial charge is 0.308 e. The summed E-state index contributed by atoms with van der Waals surface area (Å²) < 4.78 is 1.15. The number of aliphatic carboxylic acids is 1. The Balaban J connectivity index is 1.75. The zero-order valence-electron chi connectivity index (χ0n) is 14.5. The third-order valence-electron chi connectivity index (χ3n) is 4.63. The fraction of sp³-hybridized carbons (Fsp3) is 0.444. The Kier molecular flexibility index (Phi) is 4.92. The highest BCUT2D eigenvalue weighted by atomic mass is 16.4. The molecule has 2 aromatic rings. The van der Waals surface area contributed by atoms with Crippen LogP contribution in [0.1, 0.15) is 26.2 Å². The summed E-state index contributed by atoms with van der Waals surface area (Å²) in [6, 6.07) is 6.60. The number of nitrogens with one attached hydrogen (secondary N) is 1. The first-order chi connectivity index (χ1) is 12.4. The van der Waals surface area contributed by atoms with Crippen molar-refractivity contribution in [1.82, 2.24) is 14.7 Å². The van der Waals surface area contributed by atoms with Crippen LogP contribution < -0.4 is 11.1 Å². The van der Waals surface area contributed by atoms with Gasteiger partial charge in [-0.05, 0) is 25.0 Å². The maximum atomic E-state index is 12.5. The molecule has 26 heavy (non-hydrogen) atoms. The highest BCUT2D eigenvalue weighted by Gasteiger charge is 2.34. The molecule has 1 aromatic heterocycles. The van der Waals surface area contributed by atoms with Crippen molar-refractivity contribution in [2.24, 2.45) is 5.92 Å². The molecule has 8 heteroatoms. The van der Waals surface area contributed by atoms with Crippen LogP contribution >= 0.6 is 0 Å². The molecule has 0 bridgehead atoms. The Morgan fingerprint density at radius 2 is 1.92 bits per heavy atom. The highest BCUT2D eigenvalue weighted by molar-refractivity contribution is 5.80. The molecule has 138 valence electrons. The van der Waals surface area contributed by atoms with E-state index in [0.717, 1.165) is 17.5 Å². The lowest BCUT2D eigenvalue weighted by atomic mass is 10.1. The molecule has 1 unspecified atom stereocenters. The Hall–Kier alpha value is -2.90. The summed E-state index contributed by atoms with van der Waals surface area (Å²) in [5.74, 6) is -1.80. The maximum Gasteiger partial charge on any atom is 0.308 e. The summed E-state index contributed by atoms with van der Waals surface area (Å²) in [5, 5.41) is 12.2. The normalized spacial score (nSPS) is 15.0. The van der Waals surface area contributed by atoms with E-state index in [1.54, 1.807) is 36.1 Å². The van der Waals surface area contributed by atoms with Crippen molar-refractivity contribution in [3.63, 3.8) is 0 Å². The number of aromatic amines is 1. The Morgan fingerprint density at radius 1 is 1.27 bits per heavy atom. The van der Waals surface area contributed by atoms with E-state index < -0.39 is 11.9 Å². The fourth-order valence-corrected chi connectivity index (χ4v) is 2.97. The third kappa shape index (κ3) is 3.68. The number of hydrogen-bond donors (Lipinski definition) is 2. The van der Waals surface area contributed by atoms with Gasteiger partial charge in [0.2, 0.25) is 5.91 Å². The molecule has 8 nitrogen and oxygen atoms in total. The first-order valence-electron chi connectivity index (χ1n) is 8.62. The number of nitrogens with zero attached hydrogens (tertiary/aromatic N) is 2. The van der Waals surface area contributed by atoms with Gasteiger partial charge in [0.15, 0.2) is 0 Å². The number of rotatable bonds is 7. The van der Waals surface area contributed by atoms with E-state index in [4.69, 9.17) is 5.11 Å². The number of amides is 1. The molecule has 0 saturated heterocycles. The first kappa shape index (κ1) is 17.9. The van der Waals surface area contributed by atoms with Crippen molar-refractivity contribution in [3.05, 3.63) is 45.0 Å². The number of carboxylic acids is 1. The summed E-state index contributed by atoms with van der Waals surface area (Å²) in [7, 11) is 0. The highest BCUT2D eigenvalue weighted by Crippen LogP contribution is 2.28. The number of fused-ring (bicyclic) bond motifs is 1. The summed E-state index contributed by atoms with van der Waals surface area (Å²) in [4.78, 5) is 49.8. The van der Waals surface area contributed by atoms with Crippen LogP contribution in [0.4, 0.5) is 0 Å². The number of H-pyrrole nitrogens is 1. The standard InChI is InChI=1S/C18H21N3O5/c1-11(18(25)26)10-20(12-6-7-12)15(22)8-9-21-17(24)14-5-3-2-4-13(14)16(23)19-21/h2-5,11-12H,6-10H2,1H3,(H,19,23)(H,25,26). The second kappa shape index (κ2) is 7.15. The number of benzene rings is 1. The second-order valence-electron chi connectivity index (χ2n) is 6.71. The topological polar surface area (TPSA) is 112 Å². The quantitative estimate of drug-likeness (QED) is 0.759. The van der Waals surface area contributed by atoms with Crippen molar-refractivity contribution in [2.75, 3.05) is 6.54 Å².